The number of imidazole rings is 2. The van der Waals surface area contributed by atoms with Crippen LogP contribution in [0, 0.1) is 37.3 Å². The number of benzene rings is 4. The van der Waals surface area contributed by atoms with E-state index >= 15 is 0 Å². The molecular formula is C60H58F8N8O4S2. The first-order valence-corrected chi connectivity index (χ1v) is 28.8. The monoisotopic (exact) mass is 1170 g/mol. The molecule has 11 rings (SSSR count). The number of aromatic nitrogens is 6. The van der Waals surface area contributed by atoms with E-state index in [1.807, 2.05) is 44.2 Å². The predicted molar refractivity (Wildman–Crippen MR) is 302 cm³/mol. The minimum atomic E-state index is -4.33. The van der Waals surface area contributed by atoms with Crippen LogP contribution >= 0.6 is 23.5 Å². The summed E-state index contributed by atoms with van der Waals surface area (Å²) in [6, 6.07) is 23.8. The van der Waals surface area contributed by atoms with E-state index in [2.05, 4.69) is 20.6 Å². The van der Waals surface area contributed by atoms with Crippen LogP contribution in [-0.4, -0.2) is 91.9 Å². The highest BCUT2D eigenvalue weighted by atomic mass is 32.2. The molecule has 0 unspecified atom stereocenters. The number of halogens is 8. The fourth-order valence-corrected chi connectivity index (χ4v) is 13.4. The van der Waals surface area contributed by atoms with Crippen molar-refractivity contribution in [1.29, 1.82) is 0 Å². The topological polar surface area (TPSA) is 137 Å². The lowest BCUT2D eigenvalue weighted by molar-refractivity contribution is -0.132. The highest BCUT2D eigenvalue weighted by molar-refractivity contribution is 8.20. The average Bonchev–Trinajstić information content (AvgIpc) is 4.42. The Morgan fingerprint density at radius 2 is 1.13 bits per heavy atom. The summed E-state index contributed by atoms with van der Waals surface area (Å²) in [5.74, 6) is 1.89. The number of fused-ring (bicyclic) bond motifs is 2. The number of ether oxygens (including phenoxy) is 2. The van der Waals surface area contributed by atoms with Crippen LogP contribution < -0.4 is 20.1 Å². The Hall–Kier alpha value is -7.20. The molecule has 430 valence electrons. The van der Waals surface area contributed by atoms with Gasteiger partial charge in [-0.2, -0.15) is 36.5 Å². The van der Waals surface area contributed by atoms with Crippen LogP contribution in [0.3, 0.4) is 0 Å². The second-order valence-electron chi connectivity index (χ2n) is 20.8. The Morgan fingerprint density at radius 1 is 0.646 bits per heavy atom. The lowest BCUT2D eigenvalue weighted by atomic mass is 9.98. The maximum absolute atomic E-state index is 14.9. The molecular weight excluding hydrogens is 1110 g/mol. The van der Waals surface area contributed by atoms with Crippen LogP contribution in [-0.2, 0) is 10.5 Å². The summed E-state index contributed by atoms with van der Waals surface area (Å²) < 4.78 is 120. The molecule has 0 atom stereocenters. The van der Waals surface area contributed by atoms with Crippen molar-refractivity contribution in [3.8, 4) is 34.0 Å². The molecule has 82 heavy (non-hydrogen) atoms. The largest absolute Gasteiger partial charge is 0.493 e. The number of thioether (sulfide) groups is 2. The molecule has 8 aromatic rings. The third-order valence-electron chi connectivity index (χ3n) is 14.6. The lowest BCUT2D eigenvalue weighted by Crippen LogP contribution is -2.22. The zero-order valence-corrected chi connectivity index (χ0v) is 46.9. The normalized spacial score (nSPS) is 15.1. The molecule has 4 aromatic carbocycles. The zero-order valence-electron chi connectivity index (χ0n) is 45.2. The summed E-state index contributed by atoms with van der Waals surface area (Å²) >= 11 is 3.15. The van der Waals surface area contributed by atoms with Crippen LogP contribution in [0.1, 0.15) is 106 Å². The van der Waals surface area contributed by atoms with Crippen molar-refractivity contribution in [2.24, 2.45) is 11.8 Å². The number of hydrogen-bond acceptors (Lipinski definition) is 12. The zero-order chi connectivity index (χ0) is 58.1. The van der Waals surface area contributed by atoms with Gasteiger partial charge in [0.1, 0.15) is 4.08 Å². The molecule has 3 fully saturated rings. The van der Waals surface area contributed by atoms with Gasteiger partial charge in [-0.05, 0) is 98.9 Å². The first-order chi connectivity index (χ1) is 39.2. The molecule has 0 radical (unpaired) electrons. The van der Waals surface area contributed by atoms with E-state index in [4.69, 9.17) is 19.7 Å². The Labute approximate surface area is 476 Å². The van der Waals surface area contributed by atoms with E-state index in [-0.39, 0.29) is 42.6 Å². The van der Waals surface area contributed by atoms with Gasteiger partial charge >= 0.3 is 12.4 Å². The SMILES string of the molecule is COc1c(F)cccc1C1(c2cc(NCCC(F)(F)F)c3ncc(-c4ccc(C(=O)CC5CC5)c(C)c4)n3n2)SCCS1.COc1c(F)cccc1Cc1cc(NCCC(F)(F)F)c2ncc(-c3ccc(C(=O)CC4CC4)c(C)c3)n2n1. The fraction of sp³-hybridized carbons (Fsp3) is 0.367. The number of hydrogen-bond donors (Lipinski definition) is 2. The van der Waals surface area contributed by atoms with E-state index in [1.165, 1.54) is 26.4 Å². The number of rotatable bonds is 20. The van der Waals surface area contributed by atoms with Gasteiger partial charge in [-0.3, -0.25) is 9.59 Å². The molecule has 0 spiro atoms. The van der Waals surface area contributed by atoms with E-state index in [1.54, 1.807) is 87.4 Å². The van der Waals surface area contributed by atoms with Gasteiger partial charge in [0.15, 0.2) is 46.0 Å². The number of para-hydroxylation sites is 2. The van der Waals surface area contributed by atoms with Crippen molar-refractivity contribution in [1.82, 2.24) is 29.2 Å². The summed E-state index contributed by atoms with van der Waals surface area (Å²) in [6.07, 6.45) is -1.79. The number of aryl methyl sites for hydroxylation is 2. The van der Waals surface area contributed by atoms with Crippen LogP contribution in [0.5, 0.6) is 11.5 Å². The van der Waals surface area contributed by atoms with Crippen molar-refractivity contribution in [2.75, 3.05) is 49.4 Å². The van der Waals surface area contributed by atoms with E-state index in [0.717, 1.165) is 59.4 Å². The van der Waals surface area contributed by atoms with Gasteiger partial charge in [0, 0.05) is 77.2 Å². The molecule has 2 N–H and O–H groups in total. The summed E-state index contributed by atoms with van der Waals surface area (Å²) in [4.78, 5) is 34.5. The minimum absolute atomic E-state index is 0.0823. The van der Waals surface area contributed by atoms with Crippen molar-refractivity contribution in [3.05, 3.63) is 154 Å². The number of ketones is 2. The maximum Gasteiger partial charge on any atom is 0.390 e. The highest BCUT2D eigenvalue weighted by Gasteiger charge is 2.45. The molecule has 2 saturated carbocycles. The van der Waals surface area contributed by atoms with Crippen LogP contribution in [0.15, 0.2) is 97.3 Å². The summed E-state index contributed by atoms with van der Waals surface area (Å²) in [5.41, 5.74) is 9.41. The molecule has 5 heterocycles. The molecule has 22 heteroatoms. The summed E-state index contributed by atoms with van der Waals surface area (Å²) in [7, 11) is 2.79. The van der Waals surface area contributed by atoms with Gasteiger partial charge in [-0.15, -0.1) is 23.5 Å². The van der Waals surface area contributed by atoms with Gasteiger partial charge in [0.2, 0.25) is 0 Å². The van der Waals surface area contributed by atoms with Crippen molar-refractivity contribution in [2.45, 2.75) is 88.1 Å². The van der Waals surface area contributed by atoms with Gasteiger partial charge in [-0.1, -0.05) is 48.5 Å². The Balaban J connectivity index is 0.000000185. The Bertz CT molecular complexity index is 3680. The van der Waals surface area contributed by atoms with Gasteiger partial charge in [0.05, 0.1) is 73.6 Å². The first-order valence-electron chi connectivity index (χ1n) is 26.8. The average molecular weight is 1170 g/mol. The van der Waals surface area contributed by atoms with Gasteiger partial charge in [0.25, 0.3) is 0 Å². The Morgan fingerprint density at radius 3 is 1.62 bits per heavy atom. The molecule has 3 aliphatic rings. The summed E-state index contributed by atoms with van der Waals surface area (Å²) in [6.45, 7) is 3.09. The van der Waals surface area contributed by atoms with Crippen LogP contribution in [0.25, 0.3) is 33.8 Å². The highest BCUT2D eigenvalue weighted by Crippen LogP contribution is 2.58. The number of anilines is 2. The third kappa shape index (κ3) is 13.0. The van der Waals surface area contributed by atoms with E-state index < -0.39 is 40.9 Å². The molecule has 0 bridgehead atoms. The number of carbonyl (C=O) groups is 2. The van der Waals surface area contributed by atoms with Crippen LogP contribution in [0.2, 0.25) is 0 Å². The second kappa shape index (κ2) is 23.9. The molecule has 1 saturated heterocycles. The third-order valence-corrected chi connectivity index (χ3v) is 18.1. The molecule has 4 aromatic heterocycles. The quantitative estimate of drug-likeness (QED) is 0.0555. The minimum Gasteiger partial charge on any atom is -0.493 e. The molecule has 2 aliphatic carbocycles. The van der Waals surface area contributed by atoms with Crippen molar-refractivity contribution in [3.63, 3.8) is 0 Å². The number of carbonyl (C=O) groups excluding carboxylic acids is 2. The van der Waals surface area contributed by atoms with Crippen molar-refractivity contribution < 1.29 is 54.2 Å². The number of alkyl halides is 6. The van der Waals surface area contributed by atoms with Gasteiger partial charge < -0.3 is 20.1 Å². The number of Topliss-reactive ketones (excluding diaryl/α,β-unsaturated/α-hetero) is 2. The first kappa shape index (κ1) is 58.0. The lowest BCUT2D eigenvalue weighted by Gasteiger charge is -2.29. The second-order valence-corrected chi connectivity index (χ2v) is 23.7. The maximum atomic E-state index is 14.9. The van der Waals surface area contributed by atoms with E-state index in [9.17, 15) is 44.7 Å². The standard InChI is InChI=1S/C31H30F4N4O2S2.C29H28F4N4O2/c1-18-14-20(8-9-21(18)26(40)15-19-6-7-19)25-17-37-29-24(36-11-10-30(33,34)35)16-27(38-39(25)29)31(42-12-13-43-31)22-4-3-5-23(32)28(22)41-2;1-17-12-19(8-9-22(17)26(38)13-18-6-7-18)25-16-35-28-24(34-11-10-29(31,32)33)15-21(36-37(25)28)14-20-4-3-5-23(30)27(20)39-2/h3-5,8-9,14,16-17,19,36H,6-7,10-13,15H2,1-2H3;3-5,8-9,12,15-16,18,34H,6-7,10-11,13-14H2,1-2H3. The predicted octanol–water partition coefficient (Wildman–Crippen LogP) is 14.7. The van der Waals surface area contributed by atoms with Gasteiger partial charge in [-0.25, -0.2) is 27.8 Å². The number of nitrogens with one attached hydrogen (secondary N) is 2. The molecule has 0 amide bonds. The summed E-state index contributed by atoms with van der Waals surface area (Å²) in [5, 5.41) is 15.5. The molecule has 1 aliphatic heterocycles. The van der Waals surface area contributed by atoms with Crippen LogP contribution in [0.4, 0.5) is 46.5 Å². The number of methoxy groups -OCH3 is 2. The molecule has 12 nitrogen and oxygen atoms in total. The van der Waals surface area contributed by atoms with E-state index in [0.29, 0.717) is 92.4 Å². The Kier molecular flexibility index (Phi) is 16.9. The number of nitrogens with zero attached hydrogens (tertiary/aromatic N) is 6. The smallest absolute Gasteiger partial charge is 0.390 e. The fourth-order valence-electron chi connectivity index (χ4n) is 10.2. The van der Waals surface area contributed by atoms with Crippen molar-refractivity contribution >= 4 is 57.8 Å².